The molecule has 0 heterocycles. The van der Waals surface area contributed by atoms with E-state index in [1.807, 2.05) is 13.0 Å². The van der Waals surface area contributed by atoms with Gasteiger partial charge >= 0.3 is 0 Å². The fraction of sp³-hybridized carbons (Fsp3) is 0.294. The first-order valence-electron chi connectivity index (χ1n) is 6.82. The average molecular weight is 255 g/mol. The zero-order valence-corrected chi connectivity index (χ0v) is 11.3. The normalized spacial score (nSPS) is 12.3. The van der Waals surface area contributed by atoms with Gasteiger partial charge in [0.05, 0.1) is 6.10 Å². The van der Waals surface area contributed by atoms with Crippen molar-refractivity contribution < 1.29 is 5.11 Å². The molecule has 0 spiro atoms. The Hall–Kier alpha value is -1.64. The van der Waals surface area contributed by atoms with Gasteiger partial charge < -0.3 is 10.4 Å². The molecule has 0 saturated heterocycles. The molecule has 0 saturated carbocycles. The van der Waals surface area contributed by atoms with E-state index in [0.717, 1.165) is 13.0 Å². The molecule has 100 valence electrons. The number of benzene rings is 2. The smallest absolute Gasteiger partial charge is 0.0662 e. The first-order chi connectivity index (χ1) is 9.29. The molecule has 2 aromatic carbocycles. The van der Waals surface area contributed by atoms with E-state index in [-0.39, 0.29) is 6.10 Å². The van der Waals surface area contributed by atoms with Crippen molar-refractivity contribution in [3.8, 4) is 11.1 Å². The van der Waals surface area contributed by atoms with Gasteiger partial charge in [0.2, 0.25) is 0 Å². The maximum absolute atomic E-state index is 9.47. The maximum atomic E-state index is 9.47. The second-order valence-corrected chi connectivity index (χ2v) is 4.76. The third-order valence-electron chi connectivity index (χ3n) is 3.24. The summed E-state index contributed by atoms with van der Waals surface area (Å²) in [5.74, 6) is 0. The number of aliphatic hydroxyl groups is 1. The quantitative estimate of drug-likeness (QED) is 0.830. The standard InChI is InChI=1S/C17H21NO/c1-2-17(19)13-18-12-14-8-10-16(11-9-14)15-6-4-3-5-7-15/h3-11,17-19H,2,12-13H2,1H3. The van der Waals surface area contributed by atoms with E-state index in [0.29, 0.717) is 6.54 Å². The fourth-order valence-corrected chi connectivity index (χ4v) is 1.97. The van der Waals surface area contributed by atoms with Gasteiger partial charge in [-0.1, -0.05) is 61.5 Å². The lowest BCUT2D eigenvalue weighted by molar-refractivity contribution is 0.167. The van der Waals surface area contributed by atoms with Crippen LogP contribution in [0.5, 0.6) is 0 Å². The van der Waals surface area contributed by atoms with Crippen molar-refractivity contribution in [1.29, 1.82) is 0 Å². The van der Waals surface area contributed by atoms with Gasteiger partial charge in [-0.2, -0.15) is 0 Å². The Kier molecular flexibility index (Phi) is 5.13. The highest BCUT2D eigenvalue weighted by atomic mass is 16.3. The summed E-state index contributed by atoms with van der Waals surface area (Å²) in [5, 5.41) is 12.7. The monoisotopic (exact) mass is 255 g/mol. The van der Waals surface area contributed by atoms with Crippen molar-refractivity contribution in [2.75, 3.05) is 6.54 Å². The number of aliphatic hydroxyl groups excluding tert-OH is 1. The van der Waals surface area contributed by atoms with Gasteiger partial charge in [-0.05, 0) is 23.1 Å². The molecule has 2 aromatic rings. The molecule has 19 heavy (non-hydrogen) atoms. The molecule has 2 rings (SSSR count). The van der Waals surface area contributed by atoms with Gasteiger partial charge in [0.25, 0.3) is 0 Å². The molecule has 0 aliphatic rings. The van der Waals surface area contributed by atoms with Crippen LogP contribution in [0, 0.1) is 0 Å². The Morgan fingerprint density at radius 3 is 2.21 bits per heavy atom. The summed E-state index contributed by atoms with van der Waals surface area (Å²) < 4.78 is 0. The third-order valence-corrected chi connectivity index (χ3v) is 3.24. The molecule has 0 amide bonds. The molecular weight excluding hydrogens is 234 g/mol. The lowest BCUT2D eigenvalue weighted by Crippen LogP contribution is -2.25. The molecule has 2 N–H and O–H groups in total. The van der Waals surface area contributed by atoms with Gasteiger partial charge in [-0.3, -0.25) is 0 Å². The van der Waals surface area contributed by atoms with Crippen LogP contribution in [0.2, 0.25) is 0 Å². The van der Waals surface area contributed by atoms with Crippen LogP contribution >= 0.6 is 0 Å². The molecule has 0 fully saturated rings. The zero-order chi connectivity index (χ0) is 13.5. The summed E-state index contributed by atoms with van der Waals surface area (Å²) in [6.07, 6.45) is 0.545. The Morgan fingerprint density at radius 1 is 0.947 bits per heavy atom. The Bertz CT molecular complexity index is 478. The first kappa shape index (κ1) is 13.8. The van der Waals surface area contributed by atoms with E-state index < -0.39 is 0 Å². The Labute approximate surface area is 115 Å². The van der Waals surface area contributed by atoms with Crippen LogP contribution in [0.4, 0.5) is 0 Å². The molecule has 0 bridgehead atoms. The van der Waals surface area contributed by atoms with Crippen molar-refractivity contribution in [3.05, 3.63) is 60.2 Å². The second kappa shape index (κ2) is 7.07. The Balaban J connectivity index is 1.92. The minimum atomic E-state index is -0.247. The highest BCUT2D eigenvalue weighted by Crippen LogP contribution is 2.19. The predicted molar refractivity (Wildman–Crippen MR) is 79.9 cm³/mol. The van der Waals surface area contributed by atoms with E-state index >= 15 is 0 Å². The number of nitrogens with one attached hydrogen (secondary N) is 1. The summed E-state index contributed by atoms with van der Waals surface area (Å²) >= 11 is 0. The minimum absolute atomic E-state index is 0.247. The van der Waals surface area contributed by atoms with Crippen LogP contribution in [0.3, 0.4) is 0 Å². The molecule has 2 heteroatoms. The van der Waals surface area contributed by atoms with E-state index in [2.05, 4.69) is 53.8 Å². The fourth-order valence-electron chi connectivity index (χ4n) is 1.97. The van der Waals surface area contributed by atoms with Gasteiger partial charge in [0.15, 0.2) is 0 Å². The van der Waals surface area contributed by atoms with Crippen LogP contribution in [0.25, 0.3) is 11.1 Å². The van der Waals surface area contributed by atoms with Crippen molar-refractivity contribution in [3.63, 3.8) is 0 Å². The van der Waals surface area contributed by atoms with Gasteiger partial charge in [0.1, 0.15) is 0 Å². The zero-order valence-electron chi connectivity index (χ0n) is 11.3. The summed E-state index contributed by atoms with van der Waals surface area (Å²) in [6, 6.07) is 18.9. The van der Waals surface area contributed by atoms with E-state index in [4.69, 9.17) is 0 Å². The molecular formula is C17H21NO. The van der Waals surface area contributed by atoms with E-state index in [9.17, 15) is 5.11 Å². The minimum Gasteiger partial charge on any atom is -0.392 e. The van der Waals surface area contributed by atoms with Crippen LogP contribution in [-0.4, -0.2) is 17.8 Å². The number of rotatable bonds is 6. The SMILES string of the molecule is CCC(O)CNCc1ccc(-c2ccccc2)cc1. The highest BCUT2D eigenvalue weighted by Gasteiger charge is 2.00. The van der Waals surface area contributed by atoms with E-state index in [1.54, 1.807) is 0 Å². The second-order valence-electron chi connectivity index (χ2n) is 4.76. The molecule has 2 nitrogen and oxygen atoms in total. The number of hydrogen-bond donors (Lipinski definition) is 2. The summed E-state index contributed by atoms with van der Waals surface area (Å²) in [6.45, 7) is 3.43. The lowest BCUT2D eigenvalue weighted by atomic mass is 10.0. The van der Waals surface area contributed by atoms with Crippen molar-refractivity contribution in [1.82, 2.24) is 5.32 Å². The highest BCUT2D eigenvalue weighted by molar-refractivity contribution is 5.63. The Morgan fingerprint density at radius 2 is 1.58 bits per heavy atom. The molecule has 1 unspecified atom stereocenters. The largest absolute Gasteiger partial charge is 0.392 e. The van der Waals surface area contributed by atoms with Crippen molar-refractivity contribution in [2.45, 2.75) is 26.0 Å². The van der Waals surface area contributed by atoms with Crippen LogP contribution in [0.1, 0.15) is 18.9 Å². The van der Waals surface area contributed by atoms with Crippen LogP contribution in [-0.2, 0) is 6.54 Å². The third kappa shape index (κ3) is 4.19. The molecule has 1 atom stereocenters. The van der Waals surface area contributed by atoms with Gasteiger partial charge in [-0.15, -0.1) is 0 Å². The predicted octanol–water partition coefficient (Wildman–Crippen LogP) is 3.21. The number of hydrogen-bond acceptors (Lipinski definition) is 2. The van der Waals surface area contributed by atoms with Crippen LogP contribution < -0.4 is 5.32 Å². The maximum Gasteiger partial charge on any atom is 0.0662 e. The van der Waals surface area contributed by atoms with Gasteiger partial charge in [-0.25, -0.2) is 0 Å². The van der Waals surface area contributed by atoms with Gasteiger partial charge in [0, 0.05) is 13.1 Å². The molecule has 0 aromatic heterocycles. The summed E-state index contributed by atoms with van der Waals surface area (Å²) in [4.78, 5) is 0. The van der Waals surface area contributed by atoms with Crippen LogP contribution in [0.15, 0.2) is 54.6 Å². The molecule has 0 aliphatic heterocycles. The lowest BCUT2D eigenvalue weighted by Gasteiger charge is -2.10. The van der Waals surface area contributed by atoms with Crippen molar-refractivity contribution >= 4 is 0 Å². The van der Waals surface area contributed by atoms with Crippen molar-refractivity contribution in [2.24, 2.45) is 0 Å². The molecule has 0 aliphatic carbocycles. The average Bonchev–Trinajstić information content (AvgIpc) is 2.48. The summed E-state index contributed by atoms with van der Waals surface area (Å²) in [7, 11) is 0. The molecule has 0 radical (unpaired) electrons. The first-order valence-corrected chi connectivity index (χ1v) is 6.82. The van der Waals surface area contributed by atoms with E-state index in [1.165, 1.54) is 16.7 Å². The topological polar surface area (TPSA) is 32.3 Å². The summed E-state index contributed by atoms with van der Waals surface area (Å²) in [5.41, 5.74) is 3.71.